The first-order valence-electron chi connectivity index (χ1n) is 8.66. The molecule has 0 aromatic carbocycles. The van der Waals surface area contributed by atoms with Crippen molar-refractivity contribution in [3.8, 4) is 11.4 Å². The highest BCUT2D eigenvalue weighted by Crippen LogP contribution is 2.22. The minimum absolute atomic E-state index is 0.255. The van der Waals surface area contributed by atoms with E-state index in [9.17, 15) is 4.79 Å². The molecule has 0 bridgehead atoms. The third-order valence-electron chi connectivity index (χ3n) is 4.84. The molecule has 1 atom stereocenters. The monoisotopic (exact) mass is 327 g/mol. The quantitative estimate of drug-likeness (QED) is 0.865. The van der Waals surface area contributed by atoms with Crippen molar-refractivity contribution in [3.63, 3.8) is 0 Å². The smallest absolute Gasteiger partial charge is 0.222 e. The van der Waals surface area contributed by atoms with Gasteiger partial charge in [0.05, 0.1) is 23.8 Å². The molecule has 0 unspecified atom stereocenters. The molecule has 24 heavy (non-hydrogen) atoms. The Kier molecular flexibility index (Phi) is 4.92. The summed E-state index contributed by atoms with van der Waals surface area (Å²) in [5.41, 5.74) is 2.82. The van der Waals surface area contributed by atoms with E-state index in [4.69, 9.17) is 4.98 Å². The highest BCUT2D eigenvalue weighted by molar-refractivity contribution is 5.75. The Balaban J connectivity index is 1.73. The Hall–Kier alpha value is -2.24. The van der Waals surface area contributed by atoms with Gasteiger partial charge >= 0.3 is 0 Å². The van der Waals surface area contributed by atoms with Crippen molar-refractivity contribution in [3.05, 3.63) is 30.1 Å². The van der Waals surface area contributed by atoms with E-state index < -0.39 is 0 Å². The maximum atomic E-state index is 11.9. The third-order valence-corrected chi connectivity index (χ3v) is 4.84. The number of hydrogen-bond acceptors (Lipinski definition) is 4. The van der Waals surface area contributed by atoms with Crippen LogP contribution >= 0.6 is 0 Å². The molecule has 1 fully saturated rings. The van der Waals surface area contributed by atoms with Crippen molar-refractivity contribution in [2.45, 2.75) is 39.5 Å². The molecular formula is C18H25N5O. The van der Waals surface area contributed by atoms with E-state index in [1.54, 1.807) is 6.20 Å². The zero-order valence-electron chi connectivity index (χ0n) is 14.7. The molecule has 6 heteroatoms. The fourth-order valence-corrected chi connectivity index (χ4v) is 3.35. The number of aryl methyl sites for hydroxylation is 1. The standard InChI is InChI=1S/C18H25N5O/c1-4-18(24)23-7-5-6-14(12-23)8-15-9-19-10-16(21-15)17-11-20-13(2)22(17)3/h9-11,14H,4-8,12H2,1-3H3/t14-/m0/s1. The van der Waals surface area contributed by atoms with E-state index >= 15 is 0 Å². The van der Waals surface area contributed by atoms with E-state index in [1.165, 1.54) is 0 Å². The normalized spacial score (nSPS) is 18.0. The summed E-state index contributed by atoms with van der Waals surface area (Å²) in [6.07, 6.45) is 9.13. The number of imidazole rings is 1. The van der Waals surface area contributed by atoms with E-state index in [-0.39, 0.29) is 5.91 Å². The summed E-state index contributed by atoms with van der Waals surface area (Å²) in [6, 6.07) is 0. The number of carbonyl (C=O) groups is 1. The first kappa shape index (κ1) is 16.6. The van der Waals surface area contributed by atoms with Crippen LogP contribution in [0.15, 0.2) is 18.6 Å². The molecule has 1 saturated heterocycles. The number of amides is 1. The number of piperidine rings is 1. The predicted molar refractivity (Wildman–Crippen MR) is 92.3 cm³/mol. The predicted octanol–water partition coefficient (Wildman–Crippen LogP) is 2.38. The van der Waals surface area contributed by atoms with Crippen LogP contribution in [0.25, 0.3) is 11.4 Å². The maximum absolute atomic E-state index is 11.9. The van der Waals surface area contributed by atoms with Crippen LogP contribution in [0.1, 0.15) is 37.7 Å². The molecule has 0 radical (unpaired) electrons. The highest BCUT2D eigenvalue weighted by atomic mass is 16.2. The van der Waals surface area contributed by atoms with E-state index in [0.717, 1.165) is 55.3 Å². The number of nitrogens with zero attached hydrogens (tertiary/aromatic N) is 5. The fraction of sp³-hybridized carbons (Fsp3) is 0.556. The van der Waals surface area contributed by atoms with E-state index in [1.807, 2.05) is 42.8 Å². The summed E-state index contributed by atoms with van der Waals surface area (Å²) in [4.78, 5) is 27.4. The summed E-state index contributed by atoms with van der Waals surface area (Å²) in [5.74, 6) is 1.68. The van der Waals surface area contributed by atoms with Crippen LogP contribution in [0, 0.1) is 12.8 Å². The minimum atomic E-state index is 0.255. The van der Waals surface area contributed by atoms with Gasteiger partial charge in [0.2, 0.25) is 5.91 Å². The van der Waals surface area contributed by atoms with Gasteiger partial charge in [-0.3, -0.25) is 9.78 Å². The number of rotatable bonds is 4. The molecule has 0 aliphatic carbocycles. The number of hydrogen-bond donors (Lipinski definition) is 0. The molecule has 0 saturated carbocycles. The van der Waals surface area contributed by atoms with Crippen molar-refractivity contribution >= 4 is 5.91 Å². The molecule has 2 aromatic heterocycles. The topological polar surface area (TPSA) is 63.9 Å². The van der Waals surface area contributed by atoms with Crippen LogP contribution in [-0.4, -0.2) is 43.4 Å². The first-order valence-corrected chi connectivity index (χ1v) is 8.66. The third kappa shape index (κ3) is 3.47. The average Bonchev–Trinajstić information content (AvgIpc) is 2.94. The second-order valence-corrected chi connectivity index (χ2v) is 6.55. The summed E-state index contributed by atoms with van der Waals surface area (Å²) >= 11 is 0. The SMILES string of the molecule is CCC(=O)N1CCC[C@@H](Cc2cncc(-c3cnc(C)n3C)n2)C1. The Bertz CT molecular complexity index is 724. The highest BCUT2D eigenvalue weighted by Gasteiger charge is 2.23. The summed E-state index contributed by atoms with van der Waals surface area (Å²) < 4.78 is 2.02. The van der Waals surface area contributed by atoms with Crippen molar-refractivity contribution in [2.24, 2.45) is 13.0 Å². The van der Waals surface area contributed by atoms with Crippen molar-refractivity contribution < 1.29 is 4.79 Å². The number of aromatic nitrogens is 4. The lowest BCUT2D eigenvalue weighted by molar-refractivity contribution is -0.132. The number of carbonyl (C=O) groups excluding carboxylic acids is 1. The molecule has 1 aliphatic heterocycles. The van der Waals surface area contributed by atoms with Gasteiger partial charge in [0.15, 0.2) is 0 Å². The average molecular weight is 327 g/mol. The first-order chi connectivity index (χ1) is 11.6. The zero-order chi connectivity index (χ0) is 17.1. The van der Waals surface area contributed by atoms with Gasteiger partial charge in [-0.2, -0.15) is 0 Å². The molecule has 3 heterocycles. The van der Waals surface area contributed by atoms with Crippen LogP contribution in [0.4, 0.5) is 0 Å². The maximum Gasteiger partial charge on any atom is 0.222 e. The van der Waals surface area contributed by atoms with Gasteiger partial charge in [0.25, 0.3) is 0 Å². The Morgan fingerprint density at radius 2 is 2.17 bits per heavy atom. The molecule has 128 valence electrons. The second kappa shape index (κ2) is 7.11. The van der Waals surface area contributed by atoms with Crippen molar-refractivity contribution in [1.82, 2.24) is 24.4 Å². The molecular weight excluding hydrogens is 302 g/mol. The van der Waals surface area contributed by atoms with Crippen LogP contribution in [0.5, 0.6) is 0 Å². The largest absolute Gasteiger partial charge is 0.342 e. The molecule has 0 N–H and O–H groups in total. The Morgan fingerprint density at radius 3 is 2.88 bits per heavy atom. The van der Waals surface area contributed by atoms with Gasteiger partial charge in [-0.1, -0.05) is 6.92 Å². The van der Waals surface area contributed by atoms with Crippen molar-refractivity contribution in [2.75, 3.05) is 13.1 Å². The Morgan fingerprint density at radius 1 is 1.33 bits per heavy atom. The number of likely N-dealkylation sites (tertiary alicyclic amines) is 1. The van der Waals surface area contributed by atoms with Gasteiger partial charge < -0.3 is 9.47 Å². The molecule has 1 amide bonds. The van der Waals surface area contributed by atoms with E-state index in [2.05, 4.69) is 9.97 Å². The lowest BCUT2D eigenvalue weighted by Crippen LogP contribution is -2.40. The van der Waals surface area contributed by atoms with Gasteiger partial charge in [0, 0.05) is 32.8 Å². The summed E-state index contributed by atoms with van der Waals surface area (Å²) in [5, 5.41) is 0. The zero-order valence-corrected chi connectivity index (χ0v) is 14.7. The summed E-state index contributed by atoms with van der Waals surface area (Å²) in [6.45, 7) is 5.63. The van der Waals surface area contributed by atoms with Crippen molar-refractivity contribution in [1.29, 1.82) is 0 Å². The van der Waals surface area contributed by atoms with E-state index in [0.29, 0.717) is 12.3 Å². The minimum Gasteiger partial charge on any atom is -0.342 e. The van der Waals surface area contributed by atoms with Gasteiger partial charge in [-0.05, 0) is 32.1 Å². The lowest BCUT2D eigenvalue weighted by Gasteiger charge is -2.32. The van der Waals surface area contributed by atoms with Gasteiger partial charge in [-0.25, -0.2) is 9.97 Å². The molecule has 3 rings (SSSR count). The second-order valence-electron chi connectivity index (χ2n) is 6.55. The Labute approximate surface area is 142 Å². The summed E-state index contributed by atoms with van der Waals surface area (Å²) in [7, 11) is 1.99. The molecule has 1 aliphatic rings. The van der Waals surface area contributed by atoms with Crippen LogP contribution < -0.4 is 0 Å². The lowest BCUT2D eigenvalue weighted by atomic mass is 9.93. The van der Waals surface area contributed by atoms with Crippen LogP contribution in [0.3, 0.4) is 0 Å². The van der Waals surface area contributed by atoms with Gasteiger partial charge in [-0.15, -0.1) is 0 Å². The fourth-order valence-electron chi connectivity index (χ4n) is 3.35. The molecule has 6 nitrogen and oxygen atoms in total. The molecule has 0 spiro atoms. The molecule has 2 aromatic rings. The van der Waals surface area contributed by atoms with Gasteiger partial charge in [0.1, 0.15) is 11.5 Å². The van der Waals surface area contributed by atoms with Crippen LogP contribution in [0.2, 0.25) is 0 Å². The van der Waals surface area contributed by atoms with Crippen LogP contribution in [-0.2, 0) is 18.3 Å².